The molecule has 9 heteroatoms. The summed E-state index contributed by atoms with van der Waals surface area (Å²) in [6.45, 7) is 3.75. The first-order chi connectivity index (χ1) is 13.3. The Kier molecular flexibility index (Phi) is 4.24. The fourth-order valence-corrected chi connectivity index (χ4v) is 3.92. The molecule has 3 heterocycles. The first-order valence-corrected chi connectivity index (χ1v) is 8.97. The van der Waals surface area contributed by atoms with Gasteiger partial charge in [-0.1, -0.05) is 6.07 Å². The van der Waals surface area contributed by atoms with E-state index in [2.05, 4.69) is 20.2 Å². The van der Waals surface area contributed by atoms with Crippen LogP contribution in [0.5, 0.6) is 0 Å². The number of rotatable bonds is 6. The Morgan fingerprint density at radius 3 is 2.57 bits per heavy atom. The SMILES string of the molecule is Cc1c(C2(c3ccc(C(F)F)nc3)CC2)cn(C(C)c2nc[nH]n2)c1C(N)=O. The lowest BCUT2D eigenvalue weighted by Gasteiger charge is -2.16. The Bertz CT molecular complexity index is 1010. The Labute approximate surface area is 160 Å². The standard InChI is InChI=1S/C19H20F2N6O/c1-10-13(19(5-6-19)12-3-4-14(16(20)21)23-7-12)8-27(15(10)17(22)28)11(2)18-24-9-25-26-18/h3-4,7-9,11,16H,5-6H2,1-2H3,(H2,22,28)(H,24,25,26). The summed E-state index contributed by atoms with van der Waals surface area (Å²) in [5, 5.41) is 6.78. The summed E-state index contributed by atoms with van der Waals surface area (Å²) < 4.78 is 27.5. The summed E-state index contributed by atoms with van der Waals surface area (Å²) in [4.78, 5) is 20.3. The normalized spacial score (nSPS) is 16.3. The highest BCUT2D eigenvalue weighted by Crippen LogP contribution is 2.55. The van der Waals surface area contributed by atoms with Crippen LogP contribution in [-0.4, -0.2) is 30.6 Å². The first-order valence-electron chi connectivity index (χ1n) is 8.97. The predicted octanol–water partition coefficient (Wildman–Crippen LogP) is 3.04. The highest BCUT2D eigenvalue weighted by molar-refractivity contribution is 5.93. The Morgan fingerprint density at radius 1 is 1.32 bits per heavy atom. The lowest BCUT2D eigenvalue weighted by Crippen LogP contribution is -2.20. The van der Waals surface area contributed by atoms with E-state index in [4.69, 9.17) is 5.73 Å². The van der Waals surface area contributed by atoms with Crippen molar-refractivity contribution in [1.29, 1.82) is 0 Å². The number of hydrogen-bond acceptors (Lipinski definition) is 4. The van der Waals surface area contributed by atoms with Crippen LogP contribution >= 0.6 is 0 Å². The van der Waals surface area contributed by atoms with Gasteiger partial charge in [-0.3, -0.25) is 14.9 Å². The van der Waals surface area contributed by atoms with Crippen molar-refractivity contribution in [3.8, 4) is 0 Å². The van der Waals surface area contributed by atoms with Crippen LogP contribution in [0.2, 0.25) is 0 Å². The van der Waals surface area contributed by atoms with Crippen molar-refractivity contribution in [2.75, 3.05) is 0 Å². The molecule has 3 aromatic heterocycles. The van der Waals surface area contributed by atoms with Crippen LogP contribution in [0.1, 0.15) is 70.9 Å². The number of nitrogens with zero attached hydrogens (tertiary/aromatic N) is 4. The van der Waals surface area contributed by atoms with E-state index < -0.39 is 12.3 Å². The largest absolute Gasteiger partial charge is 0.364 e. The van der Waals surface area contributed by atoms with Gasteiger partial charge in [-0.25, -0.2) is 13.8 Å². The van der Waals surface area contributed by atoms with Crippen LogP contribution in [-0.2, 0) is 5.41 Å². The van der Waals surface area contributed by atoms with Crippen LogP contribution in [0.15, 0.2) is 30.9 Å². The fraction of sp³-hybridized carbons (Fsp3) is 0.368. The maximum absolute atomic E-state index is 12.8. The second kappa shape index (κ2) is 6.50. The zero-order chi connectivity index (χ0) is 20.1. The van der Waals surface area contributed by atoms with Crippen molar-refractivity contribution in [1.82, 2.24) is 24.7 Å². The van der Waals surface area contributed by atoms with Gasteiger partial charge in [0.05, 0.1) is 6.04 Å². The molecule has 7 nitrogen and oxygen atoms in total. The highest BCUT2D eigenvalue weighted by Gasteiger charge is 2.48. The summed E-state index contributed by atoms with van der Waals surface area (Å²) in [6.07, 6.45) is 3.99. The van der Waals surface area contributed by atoms with Crippen molar-refractivity contribution >= 4 is 5.91 Å². The number of pyridine rings is 1. The molecule has 1 aliphatic rings. The van der Waals surface area contributed by atoms with Gasteiger partial charge in [0.25, 0.3) is 12.3 Å². The minimum Gasteiger partial charge on any atom is -0.364 e. The smallest absolute Gasteiger partial charge is 0.280 e. The number of nitrogens with two attached hydrogens (primary N) is 1. The van der Waals surface area contributed by atoms with E-state index in [0.717, 1.165) is 29.5 Å². The van der Waals surface area contributed by atoms with Crippen molar-refractivity contribution in [2.45, 2.75) is 44.6 Å². The zero-order valence-electron chi connectivity index (χ0n) is 15.5. The average molecular weight is 386 g/mol. The molecule has 28 heavy (non-hydrogen) atoms. The molecule has 1 saturated carbocycles. The number of H-pyrrole nitrogens is 1. The van der Waals surface area contributed by atoms with Crippen molar-refractivity contribution in [3.05, 3.63) is 64.8 Å². The molecule has 0 saturated heterocycles. The molecule has 0 bridgehead atoms. The van der Waals surface area contributed by atoms with Gasteiger partial charge >= 0.3 is 0 Å². The minimum atomic E-state index is -2.60. The third-order valence-electron chi connectivity index (χ3n) is 5.57. The highest BCUT2D eigenvalue weighted by atomic mass is 19.3. The number of halogens is 2. The van der Waals surface area contributed by atoms with Crippen molar-refractivity contribution < 1.29 is 13.6 Å². The second-order valence-electron chi connectivity index (χ2n) is 7.18. The third-order valence-corrected chi connectivity index (χ3v) is 5.57. The first kappa shape index (κ1) is 18.3. The average Bonchev–Trinajstić information content (AvgIpc) is 3.12. The summed E-state index contributed by atoms with van der Waals surface area (Å²) in [7, 11) is 0. The van der Waals surface area contributed by atoms with E-state index in [1.807, 2.05) is 20.0 Å². The van der Waals surface area contributed by atoms with Gasteiger partial charge in [0.1, 0.15) is 17.7 Å². The van der Waals surface area contributed by atoms with Gasteiger partial charge in [0.15, 0.2) is 5.82 Å². The number of hydrogen-bond donors (Lipinski definition) is 2. The number of carbonyl (C=O) groups excluding carboxylic acids is 1. The monoisotopic (exact) mass is 386 g/mol. The Hall–Kier alpha value is -3.10. The fourth-order valence-electron chi connectivity index (χ4n) is 3.92. The number of alkyl halides is 2. The molecule has 146 valence electrons. The lowest BCUT2D eigenvalue weighted by atomic mass is 9.88. The molecule has 0 spiro atoms. The van der Waals surface area contributed by atoms with E-state index in [1.54, 1.807) is 10.6 Å². The molecule has 1 atom stereocenters. The molecule has 1 unspecified atom stereocenters. The van der Waals surface area contributed by atoms with Gasteiger partial charge in [-0.2, -0.15) is 5.10 Å². The summed E-state index contributed by atoms with van der Waals surface area (Å²) in [6, 6.07) is 2.76. The molecule has 3 aromatic rings. The maximum Gasteiger partial charge on any atom is 0.280 e. The number of aromatic amines is 1. The quantitative estimate of drug-likeness (QED) is 0.680. The number of nitrogens with one attached hydrogen (secondary N) is 1. The minimum absolute atomic E-state index is 0.245. The lowest BCUT2D eigenvalue weighted by molar-refractivity contribution is 0.0989. The molecule has 1 amide bonds. The van der Waals surface area contributed by atoms with Crippen LogP contribution < -0.4 is 5.73 Å². The summed E-state index contributed by atoms with van der Waals surface area (Å²) in [5.41, 5.74) is 8.08. The van der Waals surface area contributed by atoms with Crippen LogP contribution in [0.25, 0.3) is 0 Å². The van der Waals surface area contributed by atoms with E-state index >= 15 is 0 Å². The van der Waals surface area contributed by atoms with Crippen molar-refractivity contribution in [3.63, 3.8) is 0 Å². The van der Waals surface area contributed by atoms with Gasteiger partial charge < -0.3 is 10.3 Å². The topological polar surface area (TPSA) is 102 Å². The molecular formula is C19H20F2N6O. The predicted molar refractivity (Wildman–Crippen MR) is 97.1 cm³/mol. The number of primary amides is 1. The van der Waals surface area contributed by atoms with Crippen LogP contribution in [0.4, 0.5) is 8.78 Å². The summed E-state index contributed by atoms with van der Waals surface area (Å²) >= 11 is 0. The van der Waals surface area contributed by atoms with Crippen molar-refractivity contribution in [2.24, 2.45) is 5.73 Å². The van der Waals surface area contributed by atoms with E-state index in [9.17, 15) is 13.6 Å². The third kappa shape index (κ3) is 2.78. The number of aromatic nitrogens is 5. The van der Waals surface area contributed by atoms with Gasteiger partial charge in [-0.05, 0) is 49.4 Å². The molecule has 1 aliphatic carbocycles. The molecular weight excluding hydrogens is 366 g/mol. The van der Waals surface area contributed by atoms with Gasteiger partial charge in [0, 0.05) is 17.8 Å². The summed E-state index contributed by atoms with van der Waals surface area (Å²) in [5.74, 6) is 0.00459. The molecule has 0 aliphatic heterocycles. The van der Waals surface area contributed by atoms with Crippen LogP contribution in [0.3, 0.4) is 0 Å². The van der Waals surface area contributed by atoms with Crippen LogP contribution in [0, 0.1) is 6.92 Å². The number of amides is 1. The Morgan fingerprint density at radius 2 is 2.07 bits per heavy atom. The zero-order valence-corrected chi connectivity index (χ0v) is 15.5. The van der Waals surface area contributed by atoms with E-state index in [-0.39, 0.29) is 17.2 Å². The van der Waals surface area contributed by atoms with E-state index in [1.165, 1.54) is 18.6 Å². The molecule has 1 fully saturated rings. The molecule has 3 N–H and O–H groups in total. The maximum atomic E-state index is 12.8. The second-order valence-corrected chi connectivity index (χ2v) is 7.18. The molecule has 0 aromatic carbocycles. The molecule has 0 radical (unpaired) electrons. The van der Waals surface area contributed by atoms with E-state index in [0.29, 0.717) is 11.5 Å². The van der Waals surface area contributed by atoms with Gasteiger partial charge in [0.2, 0.25) is 0 Å². The number of carbonyl (C=O) groups is 1. The molecule has 4 rings (SSSR count). The van der Waals surface area contributed by atoms with Gasteiger partial charge in [-0.15, -0.1) is 0 Å². The Balaban J connectivity index is 1.80.